The third-order valence-electron chi connectivity index (χ3n) is 6.88. The van der Waals surface area contributed by atoms with Gasteiger partial charge < -0.3 is 14.5 Å². The number of carbonyl (C=O) groups is 1. The topological polar surface area (TPSA) is 58.6 Å². The number of benzene rings is 3. The number of anilines is 1. The Morgan fingerprint density at radius 1 is 1.00 bits per heavy atom. The standard InChI is InChI=1S/C31H31FN4O2/c1-3-24(23-14-8-5-9-15-23)30(37)36-19-18-27-25(21-36)29(38-28-17-11-10-16-26(28)32)34-31(33-27)35(2)20-22-12-6-4-7-13-22/h4-17,24H,3,18-21H2,1-2H3. The third-order valence-corrected chi connectivity index (χ3v) is 6.88. The molecule has 0 saturated heterocycles. The summed E-state index contributed by atoms with van der Waals surface area (Å²) >= 11 is 0. The van der Waals surface area contributed by atoms with E-state index in [2.05, 4.69) is 0 Å². The molecule has 5 rings (SSSR count). The molecule has 3 aromatic carbocycles. The highest BCUT2D eigenvalue weighted by atomic mass is 19.1. The van der Waals surface area contributed by atoms with Crippen molar-refractivity contribution in [3.05, 3.63) is 113 Å². The van der Waals surface area contributed by atoms with Crippen molar-refractivity contribution in [2.24, 2.45) is 0 Å². The molecule has 0 spiro atoms. The van der Waals surface area contributed by atoms with E-state index < -0.39 is 5.82 Å². The molecule has 4 aromatic rings. The van der Waals surface area contributed by atoms with Crippen LogP contribution >= 0.6 is 0 Å². The van der Waals surface area contributed by atoms with Gasteiger partial charge >= 0.3 is 0 Å². The van der Waals surface area contributed by atoms with Crippen molar-refractivity contribution in [2.45, 2.75) is 38.8 Å². The molecule has 1 aliphatic heterocycles. The van der Waals surface area contributed by atoms with E-state index in [9.17, 15) is 9.18 Å². The highest BCUT2D eigenvalue weighted by Crippen LogP contribution is 2.34. The maximum absolute atomic E-state index is 14.6. The van der Waals surface area contributed by atoms with Crippen LogP contribution < -0.4 is 9.64 Å². The summed E-state index contributed by atoms with van der Waals surface area (Å²) in [7, 11) is 1.92. The van der Waals surface area contributed by atoms with E-state index in [0.717, 1.165) is 16.8 Å². The van der Waals surface area contributed by atoms with Gasteiger partial charge in [-0.05, 0) is 29.7 Å². The van der Waals surface area contributed by atoms with Crippen molar-refractivity contribution in [3.8, 4) is 11.6 Å². The first kappa shape index (κ1) is 25.4. The van der Waals surface area contributed by atoms with E-state index in [1.54, 1.807) is 18.2 Å². The molecule has 0 bridgehead atoms. The van der Waals surface area contributed by atoms with Crippen LogP contribution in [0.15, 0.2) is 84.9 Å². The number of hydrogen-bond acceptors (Lipinski definition) is 5. The second kappa shape index (κ2) is 11.4. The van der Waals surface area contributed by atoms with E-state index in [1.807, 2.05) is 84.4 Å². The first-order valence-corrected chi connectivity index (χ1v) is 12.9. The van der Waals surface area contributed by atoms with Gasteiger partial charge in [0.15, 0.2) is 11.6 Å². The van der Waals surface area contributed by atoms with Crippen molar-refractivity contribution in [1.29, 1.82) is 0 Å². The summed E-state index contributed by atoms with van der Waals surface area (Å²) in [5.74, 6) is 0.217. The number of para-hydroxylation sites is 1. The smallest absolute Gasteiger partial charge is 0.230 e. The van der Waals surface area contributed by atoms with Gasteiger partial charge in [0.25, 0.3) is 0 Å². The Kier molecular flexibility index (Phi) is 7.63. The molecule has 0 radical (unpaired) electrons. The van der Waals surface area contributed by atoms with E-state index in [0.29, 0.717) is 44.0 Å². The summed E-state index contributed by atoms with van der Waals surface area (Å²) in [5.41, 5.74) is 3.66. The lowest BCUT2D eigenvalue weighted by Crippen LogP contribution is -2.39. The third kappa shape index (κ3) is 5.52. The number of hydrogen-bond donors (Lipinski definition) is 0. The van der Waals surface area contributed by atoms with Gasteiger partial charge in [-0.15, -0.1) is 0 Å². The predicted molar refractivity (Wildman–Crippen MR) is 146 cm³/mol. The van der Waals surface area contributed by atoms with Crippen LogP contribution in [0.1, 0.15) is 41.6 Å². The molecule has 1 aromatic heterocycles. The van der Waals surface area contributed by atoms with Crippen LogP contribution in [0.3, 0.4) is 0 Å². The summed E-state index contributed by atoms with van der Waals surface area (Å²) in [5, 5.41) is 0. The Hall–Kier alpha value is -4.26. The van der Waals surface area contributed by atoms with E-state index in [-0.39, 0.29) is 23.5 Å². The Labute approximate surface area is 222 Å². The Morgan fingerprint density at radius 2 is 1.68 bits per heavy atom. The number of ether oxygens (including phenoxy) is 1. The van der Waals surface area contributed by atoms with Crippen LogP contribution in [0, 0.1) is 5.82 Å². The van der Waals surface area contributed by atoms with Crippen molar-refractivity contribution >= 4 is 11.9 Å². The Bertz CT molecular complexity index is 1400. The van der Waals surface area contributed by atoms with Gasteiger partial charge in [0.05, 0.1) is 23.7 Å². The zero-order valence-electron chi connectivity index (χ0n) is 21.7. The number of aromatic nitrogens is 2. The lowest BCUT2D eigenvalue weighted by atomic mass is 9.94. The van der Waals surface area contributed by atoms with Gasteiger partial charge in [0.2, 0.25) is 17.7 Å². The maximum atomic E-state index is 14.6. The maximum Gasteiger partial charge on any atom is 0.230 e. The summed E-state index contributed by atoms with van der Waals surface area (Å²) in [6.45, 7) is 3.49. The predicted octanol–water partition coefficient (Wildman–Crippen LogP) is 6.12. The SMILES string of the molecule is CCC(C(=O)N1CCc2nc(N(C)Cc3ccccc3)nc(Oc3ccccc3F)c2C1)c1ccccc1. The van der Waals surface area contributed by atoms with Crippen LogP contribution in [0.25, 0.3) is 0 Å². The van der Waals surface area contributed by atoms with Gasteiger partial charge in [-0.1, -0.05) is 79.7 Å². The van der Waals surface area contributed by atoms with Gasteiger partial charge in [0.1, 0.15) is 0 Å². The molecule has 7 heteroatoms. The van der Waals surface area contributed by atoms with Crippen LogP contribution in [0.5, 0.6) is 11.6 Å². The minimum Gasteiger partial charge on any atom is -0.435 e. The molecule has 6 nitrogen and oxygen atoms in total. The van der Waals surface area contributed by atoms with Crippen molar-refractivity contribution < 1.29 is 13.9 Å². The first-order valence-electron chi connectivity index (χ1n) is 12.9. The summed E-state index contributed by atoms with van der Waals surface area (Å²) in [6.07, 6.45) is 1.26. The second-order valence-corrected chi connectivity index (χ2v) is 9.51. The Balaban J connectivity index is 1.47. The lowest BCUT2D eigenvalue weighted by molar-refractivity contribution is -0.133. The van der Waals surface area contributed by atoms with E-state index in [1.165, 1.54) is 6.07 Å². The molecule has 0 aliphatic carbocycles. The molecule has 194 valence electrons. The largest absolute Gasteiger partial charge is 0.435 e. The molecule has 0 N–H and O–H groups in total. The fourth-order valence-corrected chi connectivity index (χ4v) is 4.83. The van der Waals surface area contributed by atoms with Crippen LogP contribution in [0.2, 0.25) is 0 Å². The molecule has 1 aliphatic rings. The molecule has 0 fully saturated rings. The summed E-state index contributed by atoms with van der Waals surface area (Å²) in [6, 6.07) is 26.2. The van der Waals surface area contributed by atoms with Gasteiger partial charge in [-0.2, -0.15) is 4.98 Å². The van der Waals surface area contributed by atoms with Crippen LogP contribution in [-0.4, -0.2) is 34.4 Å². The monoisotopic (exact) mass is 510 g/mol. The quantitative estimate of drug-likeness (QED) is 0.286. The summed E-state index contributed by atoms with van der Waals surface area (Å²) < 4.78 is 20.6. The molecule has 0 saturated carbocycles. The molecule has 2 heterocycles. The molecule has 38 heavy (non-hydrogen) atoms. The zero-order chi connectivity index (χ0) is 26.5. The minimum atomic E-state index is -0.474. The average Bonchev–Trinajstić information content (AvgIpc) is 2.95. The fourth-order valence-electron chi connectivity index (χ4n) is 4.83. The number of amides is 1. The van der Waals surface area contributed by atoms with Gasteiger partial charge in [0, 0.05) is 26.6 Å². The average molecular weight is 511 g/mol. The Morgan fingerprint density at radius 3 is 2.39 bits per heavy atom. The molecular weight excluding hydrogens is 479 g/mol. The van der Waals surface area contributed by atoms with Crippen molar-refractivity contribution in [3.63, 3.8) is 0 Å². The van der Waals surface area contributed by atoms with Crippen LogP contribution in [-0.2, 0) is 24.3 Å². The van der Waals surface area contributed by atoms with Crippen molar-refractivity contribution in [1.82, 2.24) is 14.9 Å². The lowest BCUT2D eigenvalue weighted by Gasteiger charge is -2.32. The number of fused-ring (bicyclic) bond motifs is 1. The number of nitrogens with zero attached hydrogens (tertiary/aromatic N) is 4. The fraction of sp³-hybridized carbons (Fsp3) is 0.258. The second-order valence-electron chi connectivity index (χ2n) is 9.51. The van der Waals surface area contributed by atoms with Gasteiger partial charge in [-0.25, -0.2) is 9.37 Å². The zero-order valence-corrected chi connectivity index (χ0v) is 21.7. The number of halogens is 1. The minimum absolute atomic E-state index is 0.0615. The van der Waals surface area contributed by atoms with Crippen LogP contribution in [0.4, 0.5) is 10.3 Å². The molecule has 1 unspecified atom stereocenters. The first-order chi connectivity index (χ1) is 18.5. The number of carbonyl (C=O) groups excluding carboxylic acids is 1. The van der Waals surface area contributed by atoms with Crippen molar-refractivity contribution in [2.75, 3.05) is 18.5 Å². The van der Waals surface area contributed by atoms with E-state index >= 15 is 0 Å². The molecule has 1 amide bonds. The highest BCUT2D eigenvalue weighted by molar-refractivity contribution is 5.84. The summed E-state index contributed by atoms with van der Waals surface area (Å²) in [4.78, 5) is 27.0. The van der Waals surface area contributed by atoms with Gasteiger partial charge in [-0.3, -0.25) is 4.79 Å². The number of rotatable bonds is 8. The highest BCUT2D eigenvalue weighted by Gasteiger charge is 2.31. The van der Waals surface area contributed by atoms with E-state index in [4.69, 9.17) is 14.7 Å². The normalized spacial score (nSPS) is 13.5. The molecule has 1 atom stereocenters. The molecular formula is C31H31FN4O2.